The Labute approximate surface area is 154 Å². The molecule has 2 N–H and O–H groups in total. The van der Waals surface area contributed by atoms with Gasteiger partial charge >= 0.3 is 0 Å². The number of halogens is 1. The summed E-state index contributed by atoms with van der Waals surface area (Å²) in [7, 11) is 0. The number of nitrogens with zero attached hydrogens (tertiary/aromatic N) is 3. The van der Waals surface area contributed by atoms with Gasteiger partial charge in [-0.2, -0.15) is 0 Å². The Morgan fingerprint density at radius 2 is 1.83 bits per heavy atom. The van der Waals surface area contributed by atoms with Crippen LogP contribution in [0, 0.1) is 0 Å². The number of hydrogen-bond acceptors (Lipinski definition) is 3. The molecule has 0 unspecified atom stereocenters. The maximum atomic E-state index is 6.14. The molecule has 1 fully saturated rings. The first-order valence-electron chi connectivity index (χ1n) is 7.87. The van der Waals surface area contributed by atoms with Gasteiger partial charge in [0.25, 0.3) is 0 Å². The number of aliphatic imine (C=N–C) groups is 1. The van der Waals surface area contributed by atoms with Crippen molar-refractivity contribution >= 4 is 29.9 Å². The summed E-state index contributed by atoms with van der Waals surface area (Å²) in [6.07, 6.45) is 6.41. The lowest BCUT2D eigenvalue weighted by molar-refractivity contribution is 0.428. The summed E-state index contributed by atoms with van der Waals surface area (Å²) in [5.41, 5.74) is 7.98. The number of likely N-dealkylation sites (tertiary alicyclic amines) is 1. The van der Waals surface area contributed by atoms with Gasteiger partial charge in [-0.05, 0) is 12.8 Å². The van der Waals surface area contributed by atoms with E-state index in [0.717, 1.165) is 30.1 Å². The second-order valence-corrected chi connectivity index (χ2v) is 5.57. The van der Waals surface area contributed by atoms with Crippen LogP contribution in [-0.4, -0.2) is 28.9 Å². The molecule has 23 heavy (non-hydrogen) atoms. The van der Waals surface area contributed by atoms with Gasteiger partial charge in [0.2, 0.25) is 0 Å². The number of benzene rings is 1. The SMILES string of the molecule is I.NC(=NCc1ncoc1-c1ccccc1)N1CCCCCC1. The summed E-state index contributed by atoms with van der Waals surface area (Å²) in [4.78, 5) is 11.0. The monoisotopic (exact) mass is 426 g/mol. The minimum absolute atomic E-state index is 0. The number of hydrogen-bond donors (Lipinski definition) is 1. The fourth-order valence-electron chi connectivity index (χ4n) is 2.76. The Balaban J connectivity index is 0.00000192. The van der Waals surface area contributed by atoms with E-state index in [4.69, 9.17) is 10.2 Å². The smallest absolute Gasteiger partial charge is 0.191 e. The van der Waals surface area contributed by atoms with Crippen LogP contribution >= 0.6 is 24.0 Å². The minimum atomic E-state index is 0. The highest BCUT2D eigenvalue weighted by Gasteiger charge is 2.13. The average molecular weight is 426 g/mol. The molecule has 2 aromatic rings. The van der Waals surface area contributed by atoms with Crippen LogP contribution in [0.1, 0.15) is 31.4 Å². The van der Waals surface area contributed by atoms with Gasteiger partial charge in [-0.25, -0.2) is 9.98 Å². The van der Waals surface area contributed by atoms with Crippen molar-refractivity contribution in [3.05, 3.63) is 42.4 Å². The molecule has 0 spiro atoms. The Morgan fingerprint density at radius 1 is 1.13 bits per heavy atom. The Bertz CT molecular complexity index is 619. The van der Waals surface area contributed by atoms with E-state index in [1.165, 1.54) is 32.1 Å². The fraction of sp³-hybridized carbons (Fsp3) is 0.412. The van der Waals surface area contributed by atoms with Crippen molar-refractivity contribution in [2.75, 3.05) is 13.1 Å². The maximum Gasteiger partial charge on any atom is 0.191 e. The summed E-state index contributed by atoms with van der Waals surface area (Å²) in [5.74, 6) is 1.39. The molecule has 1 aliphatic rings. The topological polar surface area (TPSA) is 67.6 Å². The van der Waals surface area contributed by atoms with Gasteiger partial charge < -0.3 is 15.1 Å². The quantitative estimate of drug-likeness (QED) is 0.462. The first kappa shape index (κ1) is 17.8. The van der Waals surface area contributed by atoms with Crippen molar-refractivity contribution < 1.29 is 4.42 Å². The predicted molar refractivity (Wildman–Crippen MR) is 103 cm³/mol. The lowest BCUT2D eigenvalue weighted by atomic mass is 10.1. The highest BCUT2D eigenvalue weighted by Crippen LogP contribution is 2.23. The number of aromatic nitrogens is 1. The molecule has 1 aromatic heterocycles. The van der Waals surface area contributed by atoms with Crippen molar-refractivity contribution in [2.24, 2.45) is 10.7 Å². The molecule has 2 heterocycles. The largest absolute Gasteiger partial charge is 0.443 e. The fourth-order valence-corrected chi connectivity index (χ4v) is 2.76. The Morgan fingerprint density at radius 3 is 2.52 bits per heavy atom. The van der Waals surface area contributed by atoms with Crippen LogP contribution in [0.3, 0.4) is 0 Å². The number of rotatable bonds is 3. The summed E-state index contributed by atoms with van der Waals surface area (Å²) in [5, 5.41) is 0. The average Bonchev–Trinajstić information content (AvgIpc) is 2.86. The van der Waals surface area contributed by atoms with Gasteiger partial charge in [0.05, 0.1) is 6.54 Å². The lowest BCUT2D eigenvalue weighted by Gasteiger charge is -2.20. The van der Waals surface area contributed by atoms with E-state index in [0.29, 0.717) is 12.5 Å². The summed E-state index contributed by atoms with van der Waals surface area (Å²) < 4.78 is 5.51. The molecule has 0 aliphatic carbocycles. The van der Waals surface area contributed by atoms with Gasteiger partial charge in [-0.1, -0.05) is 43.2 Å². The first-order chi connectivity index (χ1) is 10.8. The van der Waals surface area contributed by atoms with E-state index in [1.54, 1.807) is 0 Å². The summed E-state index contributed by atoms with van der Waals surface area (Å²) in [6, 6.07) is 9.96. The van der Waals surface area contributed by atoms with Crippen LogP contribution in [0.25, 0.3) is 11.3 Å². The second kappa shape index (κ2) is 8.90. The first-order valence-corrected chi connectivity index (χ1v) is 7.87. The minimum Gasteiger partial charge on any atom is -0.443 e. The molecule has 0 radical (unpaired) electrons. The Hall–Kier alpha value is -1.57. The lowest BCUT2D eigenvalue weighted by Crippen LogP contribution is -2.38. The molecule has 0 amide bonds. The summed E-state index contributed by atoms with van der Waals surface area (Å²) in [6.45, 7) is 2.45. The molecule has 1 aliphatic heterocycles. The third kappa shape index (κ3) is 4.70. The van der Waals surface area contributed by atoms with E-state index < -0.39 is 0 Å². The number of nitrogens with two attached hydrogens (primary N) is 1. The maximum absolute atomic E-state index is 6.14. The molecule has 1 aromatic carbocycles. The molecule has 1 saturated heterocycles. The van der Waals surface area contributed by atoms with Gasteiger partial charge in [0.15, 0.2) is 18.1 Å². The van der Waals surface area contributed by atoms with Gasteiger partial charge in [0, 0.05) is 18.7 Å². The molecule has 3 rings (SSSR count). The van der Waals surface area contributed by atoms with E-state index in [1.807, 2.05) is 30.3 Å². The highest BCUT2D eigenvalue weighted by molar-refractivity contribution is 14.0. The van der Waals surface area contributed by atoms with Crippen LogP contribution in [0.4, 0.5) is 0 Å². The number of guanidine groups is 1. The third-order valence-corrected chi connectivity index (χ3v) is 4.00. The van der Waals surface area contributed by atoms with Crippen molar-refractivity contribution in [1.82, 2.24) is 9.88 Å². The van der Waals surface area contributed by atoms with Crippen molar-refractivity contribution in [3.63, 3.8) is 0 Å². The molecule has 6 heteroatoms. The number of oxazole rings is 1. The van der Waals surface area contributed by atoms with E-state index in [9.17, 15) is 0 Å². The predicted octanol–water partition coefficient (Wildman–Crippen LogP) is 3.65. The zero-order valence-electron chi connectivity index (χ0n) is 13.1. The van der Waals surface area contributed by atoms with Crippen LogP contribution in [0.5, 0.6) is 0 Å². The van der Waals surface area contributed by atoms with Crippen molar-refractivity contribution in [3.8, 4) is 11.3 Å². The Kier molecular flexibility index (Phi) is 6.88. The van der Waals surface area contributed by atoms with Crippen LogP contribution in [0.15, 0.2) is 46.1 Å². The zero-order chi connectivity index (χ0) is 15.2. The van der Waals surface area contributed by atoms with E-state index in [-0.39, 0.29) is 24.0 Å². The molecule has 0 bridgehead atoms. The zero-order valence-corrected chi connectivity index (χ0v) is 15.5. The molecule has 0 saturated carbocycles. The van der Waals surface area contributed by atoms with Crippen molar-refractivity contribution in [2.45, 2.75) is 32.2 Å². The molecule has 0 atom stereocenters. The normalized spacial score (nSPS) is 15.8. The standard InChI is InChI=1S/C17H22N4O.HI/c18-17(21-10-6-1-2-7-11-21)19-12-15-16(22-13-20-15)14-8-4-3-5-9-14;/h3-5,8-9,13H,1-2,6-7,10-12H2,(H2,18,19);1H. The molecule has 5 nitrogen and oxygen atoms in total. The second-order valence-electron chi connectivity index (χ2n) is 5.57. The third-order valence-electron chi connectivity index (χ3n) is 4.00. The van der Waals surface area contributed by atoms with Crippen LogP contribution in [-0.2, 0) is 6.54 Å². The molecule has 124 valence electrons. The molecular weight excluding hydrogens is 403 g/mol. The van der Waals surface area contributed by atoms with Crippen LogP contribution in [0.2, 0.25) is 0 Å². The van der Waals surface area contributed by atoms with Crippen LogP contribution < -0.4 is 5.73 Å². The van der Waals surface area contributed by atoms with E-state index in [2.05, 4.69) is 14.9 Å². The van der Waals surface area contributed by atoms with Crippen molar-refractivity contribution in [1.29, 1.82) is 0 Å². The highest BCUT2D eigenvalue weighted by atomic mass is 127. The van der Waals surface area contributed by atoms with Gasteiger partial charge in [0.1, 0.15) is 5.69 Å². The van der Waals surface area contributed by atoms with Gasteiger partial charge in [-0.3, -0.25) is 0 Å². The van der Waals surface area contributed by atoms with E-state index >= 15 is 0 Å². The molecular formula is C17H23IN4O. The summed E-state index contributed by atoms with van der Waals surface area (Å²) >= 11 is 0. The van der Waals surface area contributed by atoms with Gasteiger partial charge in [-0.15, -0.1) is 24.0 Å².